The van der Waals surface area contributed by atoms with Gasteiger partial charge in [-0.1, -0.05) is 30.3 Å². The highest BCUT2D eigenvalue weighted by Crippen LogP contribution is 2.33. The number of nitrogens with zero attached hydrogens (tertiary/aromatic N) is 1. The summed E-state index contributed by atoms with van der Waals surface area (Å²) in [6, 6.07) is 12.2. The Bertz CT molecular complexity index is 881. The van der Waals surface area contributed by atoms with E-state index in [1.54, 1.807) is 14.1 Å². The van der Waals surface area contributed by atoms with E-state index in [9.17, 15) is 14.4 Å². The number of ether oxygens (including phenoxy) is 2. The molecule has 0 aliphatic carbocycles. The Balaban J connectivity index is 2.09. The van der Waals surface area contributed by atoms with Crippen LogP contribution < -0.4 is 20.1 Å². The summed E-state index contributed by atoms with van der Waals surface area (Å²) in [5.74, 6) is -0.317. The molecule has 2 aromatic rings. The maximum absolute atomic E-state index is 12.5. The standard InChI is InChI=1S/C21H25N3O5/c1-24(2)21(27)15-11-17(28-3)18(29-4)12-16(15)23-20(26)13-22-19(25)10-14-8-6-5-7-9-14/h5-9,11-12H,10,13H2,1-4H3,(H,22,25)(H,23,26). The monoisotopic (exact) mass is 399 g/mol. The van der Waals surface area contributed by atoms with E-state index in [-0.39, 0.29) is 36.0 Å². The second-order valence-electron chi connectivity index (χ2n) is 6.44. The van der Waals surface area contributed by atoms with Crippen LogP contribution in [0.5, 0.6) is 11.5 Å². The third-order valence-electron chi connectivity index (χ3n) is 4.09. The molecule has 0 heterocycles. The Hall–Kier alpha value is -3.55. The van der Waals surface area contributed by atoms with Crippen LogP contribution >= 0.6 is 0 Å². The van der Waals surface area contributed by atoms with Crippen LogP contribution in [0.25, 0.3) is 0 Å². The SMILES string of the molecule is COc1cc(NC(=O)CNC(=O)Cc2ccccc2)c(C(=O)N(C)C)cc1OC. The molecule has 0 aliphatic rings. The van der Waals surface area contributed by atoms with Crippen LogP contribution in [0.1, 0.15) is 15.9 Å². The molecule has 0 unspecified atom stereocenters. The van der Waals surface area contributed by atoms with Crippen LogP contribution in [0.3, 0.4) is 0 Å². The minimum absolute atomic E-state index is 0.175. The van der Waals surface area contributed by atoms with Crippen LogP contribution in [-0.2, 0) is 16.0 Å². The third kappa shape index (κ3) is 5.97. The van der Waals surface area contributed by atoms with Crippen molar-refractivity contribution in [3.8, 4) is 11.5 Å². The summed E-state index contributed by atoms with van der Waals surface area (Å²) in [4.78, 5) is 38.3. The molecule has 2 aromatic carbocycles. The number of rotatable bonds is 8. The van der Waals surface area contributed by atoms with Gasteiger partial charge in [0.05, 0.1) is 38.4 Å². The van der Waals surface area contributed by atoms with Gasteiger partial charge in [0.15, 0.2) is 11.5 Å². The fourth-order valence-corrected chi connectivity index (χ4v) is 2.62. The van der Waals surface area contributed by atoms with Gasteiger partial charge in [-0.05, 0) is 11.6 Å². The highest BCUT2D eigenvalue weighted by Gasteiger charge is 2.20. The van der Waals surface area contributed by atoms with Crippen molar-refractivity contribution >= 4 is 23.4 Å². The number of benzene rings is 2. The Morgan fingerprint density at radius 2 is 1.55 bits per heavy atom. The number of amides is 3. The lowest BCUT2D eigenvalue weighted by molar-refractivity contribution is -0.123. The van der Waals surface area contributed by atoms with Crippen LogP contribution in [-0.4, -0.2) is 57.5 Å². The zero-order valence-electron chi connectivity index (χ0n) is 16.9. The van der Waals surface area contributed by atoms with Crippen molar-refractivity contribution in [2.75, 3.05) is 40.2 Å². The predicted octanol–water partition coefficient (Wildman–Crippen LogP) is 1.70. The molecule has 0 atom stereocenters. The van der Waals surface area contributed by atoms with Crippen molar-refractivity contribution < 1.29 is 23.9 Å². The van der Waals surface area contributed by atoms with Gasteiger partial charge in [0, 0.05) is 20.2 Å². The molecule has 0 spiro atoms. The molecule has 2 N–H and O–H groups in total. The second kappa shape index (κ2) is 10.1. The number of hydrogen-bond donors (Lipinski definition) is 2. The molecule has 2 rings (SSSR count). The van der Waals surface area contributed by atoms with E-state index in [0.29, 0.717) is 11.5 Å². The molecule has 8 heteroatoms. The smallest absolute Gasteiger partial charge is 0.255 e. The molecule has 0 saturated carbocycles. The highest BCUT2D eigenvalue weighted by atomic mass is 16.5. The zero-order valence-corrected chi connectivity index (χ0v) is 16.9. The Labute approximate surface area is 169 Å². The van der Waals surface area contributed by atoms with Gasteiger partial charge in [0.2, 0.25) is 11.8 Å². The first-order valence-corrected chi connectivity index (χ1v) is 8.93. The fourth-order valence-electron chi connectivity index (χ4n) is 2.62. The molecule has 154 valence electrons. The summed E-state index contributed by atoms with van der Waals surface area (Å²) < 4.78 is 10.5. The normalized spacial score (nSPS) is 10.1. The molecular formula is C21H25N3O5. The van der Waals surface area contributed by atoms with Crippen molar-refractivity contribution in [3.63, 3.8) is 0 Å². The van der Waals surface area contributed by atoms with E-state index in [4.69, 9.17) is 9.47 Å². The van der Waals surface area contributed by atoms with Gasteiger partial charge in [-0.15, -0.1) is 0 Å². The zero-order chi connectivity index (χ0) is 21.4. The maximum atomic E-state index is 12.5. The first-order valence-electron chi connectivity index (χ1n) is 8.93. The number of carbonyl (C=O) groups is 3. The molecular weight excluding hydrogens is 374 g/mol. The molecule has 0 aliphatic heterocycles. The van der Waals surface area contributed by atoms with E-state index >= 15 is 0 Å². The van der Waals surface area contributed by atoms with E-state index in [0.717, 1.165) is 5.56 Å². The van der Waals surface area contributed by atoms with Crippen LogP contribution in [0.4, 0.5) is 5.69 Å². The van der Waals surface area contributed by atoms with Gasteiger partial charge in [-0.2, -0.15) is 0 Å². The fraction of sp³-hybridized carbons (Fsp3) is 0.286. The molecule has 3 amide bonds. The quantitative estimate of drug-likeness (QED) is 0.704. The van der Waals surface area contributed by atoms with E-state index in [2.05, 4.69) is 10.6 Å². The lowest BCUT2D eigenvalue weighted by Crippen LogP contribution is -2.34. The van der Waals surface area contributed by atoms with Gasteiger partial charge in [-0.3, -0.25) is 14.4 Å². The molecule has 0 radical (unpaired) electrons. The topological polar surface area (TPSA) is 97.0 Å². The number of carbonyl (C=O) groups excluding carboxylic acids is 3. The van der Waals surface area contributed by atoms with Gasteiger partial charge in [-0.25, -0.2) is 0 Å². The van der Waals surface area contributed by atoms with Crippen molar-refractivity contribution in [1.29, 1.82) is 0 Å². The summed E-state index contributed by atoms with van der Waals surface area (Å²) in [5, 5.41) is 5.23. The first kappa shape index (κ1) is 21.7. The number of nitrogens with one attached hydrogen (secondary N) is 2. The van der Waals surface area contributed by atoms with Crippen molar-refractivity contribution in [2.24, 2.45) is 0 Å². The van der Waals surface area contributed by atoms with Crippen molar-refractivity contribution in [3.05, 3.63) is 53.6 Å². The Morgan fingerprint density at radius 3 is 2.14 bits per heavy atom. The number of anilines is 1. The van der Waals surface area contributed by atoms with E-state index in [1.165, 1.54) is 31.3 Å². The molecule has 0 saturated heterocycles. The van der Waals surface area contributed by atoms with Gasteiger partial charge in [0.1, 0.15) is 0 Å². The van der Waals surface area contributed by atoms with Crippen molar-refractivity contribution in [2.45, 2.75) is 6.42 Å². The summed E-state index contributed by atoms with van der Waals surface area (Å²) in [6.07, 6.45) is 0.175. The highest BCUT2D eigenvalue weighted by molar-refractivity contribution is 6.05. The lowest BCUT2D eigenvalue weighted by Gasteiger charge is -2.18. The summed E-state index contributed by atoms with van der Waals surface area (Å²) in [7, 11) is 6.13. The van der Waals surface area contributed by atoms with E-state index in [1.807, 2.05) is 30.3 Å². The van der Waals surface area contributed by atoms with Gasteiger partial charge in [0.25, 0.3) is 5.91 Å². The molecule has 0 aromatic heterocycles. The lowest BCUT2D eigenvalue weighted by atomic mass is 10.1. The maximum Gasteiger partial charge on any atom is 0.255 e. The van der Waals surface area contributed by atoms with E-state index < -0.39 is 5.91 Å². The molecule has 0 fully saturated rings. The third-order valence-corrected chi connectivity index (χ3v) is 4.09. The summed E-state index contributed by atoms with van der Waals surface area (Å²) >= 11 is 0. The second-order valence-corrected chi connectivity index (χ2v) is 6.44. The number of methoxy groups -OCH3 is 2. The summed E-state index contributed by atoms with van der Waals surface area (Å²) in [5.41, 5.74) is 1.37. The minimum atomic E-state index is -0.466. The average Bonchev–Trinajstić information content (AvgIpc) is 2.72. The minimum Gasteiger partial charge on any atom is -0.493 e. The molecule has 8 nitrogen and oxygen atoms in total. The Morgan fingerprint density at radius 1 is 0.931 bits per heavy atom. The van der Waals surface area contributed by atoms with Gasteiger partial charge < -0.3 is 25.0 Å². The molecule has 0 bridgehead atoms. The number of hydrogen-bond acceptors (Lipinski definition) is 5. The van der Waals surface area contributed by atoms with Crippen LogP contribution in [0, 0.1) is 0 Å². The first-order chi connectivity index (χ1) is 13.8. The van der Waals surface area contributed by atoms with Crippen molar-refractivity contribution in [1.82, 2.24) is 10.2 Å². The van der Waals surface area contributed by atoms with Crippen LogP contribution in [0.2, 0.25) is 0 Å². The molecule has 29 heavy (non-hydrogen) atoms. The largest absolute Gasteiger partial charge is 0.493 e. The van der Waals surface area contributed by atoms with Gasteiger partial charge >= 0.3 is 0 Å². The summed E-state index contributed by atoms with van der Waals surface area (Å²) in [6.45, 7) is -0.227. The van der Waals surface area contributed by atoms with Crippen LogP contribution in [0.15, 0.2) is 42.5 Å². The average molecular weight is 399 g/mol. The Kier molecular flexibility index (Phi) is 7.59. The predicted molar refractivity (Wildman–Crippen MR) is 109 cm³/mol.